The molecule has 0 aliphatic rings. The molecule has 1 aromatic heterocycles. The average molecular weight is 465 g/mol. The van der Waals surface area contributed by atoms with Crippen molar-refractivity contribution >= 4 is 18.0 Å². The first kappa shape index (κ1) is 23.7. The summed E-state index contributed by atoms with van der Waals surface area (Å²) in [5.41, 5.74) is 8.11. The van der Waals surface area contributed by atoms with Gasteiger partial charge in [0.25, 0.3) is 5.91 Å². The molecule has 35 heavy (non-hydrogen) atoms. The van der Waals surface area contributed by atoms with E-state index >= 15 is 0 Å². The Morgan fingerprint density at radius 3 is 2.14 bits per heavy atom. The predicted octanol–water partition coefficient (Wildman–Crippen LogP) is 5.11. The Hall–Kier alpha value is -4.45. The molecular weight excluding hydrogens is 436 g/mol. The maximum absolute atomic E-state index is 12.7. The van der Waals surface area contributed by atoms with Crippen LogP contribution in [0.4, 0.5) is 0 Å². The number of carbonyl (C=O) groups is 2. The van der Waals surface area contributed by atoms with Gasteiger partial charge < -0.3 is 9.88 Å². The first-order chi connectivity index (χ1) is 17.0. The van der Waals surface area contributed by atoms with Gasteiger partial charge in [-0.05, 0) is 49.7 Å². The molecule has 0 saturated carbocycles. The summed E-state index contributed by atoms with van der Waals surface area (Å²) >= 11 is 0. The van der Waals surface area contributed by atoms with Gasteiger partial charge in [-0.25, -0.2) is 5.43 Å². The highest BCUT2D eigenvalue weighted by atomic mass is 16.2. The van der Waals surface area contributed by atoms with E-state index < -0.39 is 6.04 Å². The summed E-state index contributed by atoms with van der Waals surface area (Å²) in [6, 6.07) is 30.1. The van der Waals surface area contributed by atoms with Crippen LogP contribution in [-0.4, -0.2) is 22.6 Å². The minimum Gasteiger partial charge on any atom is -0.345 e. The highest BCUT2D eigenvalue weighted by molar-refractivity contribution is 5.94. The summed E-state index contributed by atoms with van der Waals surface area (Å²) in [5, 5.41) is 7.16. The van der Waals surface area contributed by atoms with Crippen LogP contribution in [0, 0.1) is 13.8 Å². The number of hydrogen-bond acceptors (Lipinski definition) is 3. The number of nitrogens with one attached hydrogen (secondary N) is 2. The number of nitrogens with zero attached hydrogens (tertiary/aromatic N) is 2. The van der Waals surface area contributed by atoms with E-state index in [1.165, 1.54) is 0 Å². The number of amides is 2. The number of aromatic nitrogens is 1. The lowest BCUT2D eigenvalue weighted by atomic mass is 10.0. The molecule has 6 nitrogen and oxygen atoms in total. The van der Waals surface area contributed by atoms with E-state index in [1.54, 1.807) is 18.3 Å². The van der Waals surface area contributed by atoms with Crippen LogP contribution in [-0.2, 0) is 4.79 Å². The Morgan fingerprint density at radius 1 is 0.886 bits per heavy atom. The molecule has 0 saturated heterocycles. The number of rotatable bonds is 8. The molecular formula is C29H28N4O2. The maximum Gasteiger partial charge on any atom is 0.251 e. The molecule has 6 heteroatoms. The summed E-state index contributed by atoms with van der Waals surface area (Å²) in [5.74, 6) is -0.524. The van der Waals surface area contributed by atoms with Crippen LogP contribution < -0.4 is 10.7 Å². The van der Waals surface area contributed by atoms with Gasteiger partial charge in [-0.15, -0.1) is 0 Å². The van der Waals surface area contributed by atoms with E-state index in [1.807, 2.05) is 86.6 Å². The largest absolute Gasteiger partial charge is 0.345 e. The molecule has 0 aliphatic heterocycles. The summed E-state index contributed by atoms with van der Waals surface area (Å²) < 4.78 is 2.15. The van der Waals surface area contributed by atoms with Gasteiger partial charge in [0.2, 0.25) is 5.91 Å². The van der Waals surface area contributed by atoms with Crippen molar-refractivity contribution in [2.45, 2.75) is 26.3 Å². The molecule has 3 aromatic carbocycles. The van der Waals surface area contributed by atoms with Crippen molar-refractivity contribution in [3.05, 3.63) is 125 Å². The number of benzene rings is 3. The molecule has 1 atom stereocenters. The molecule has 0 spiro atoms. The van der Waals surface area contributed by atoms with E-state index in [9.17, 15) is 9.59 Å². The van der Waals surface area contributed by atoms with Gasteiger partial charge in [-0.3, -0.25) is 9.59 Å². The second-order valence-corrected chi connectivity index (χ2v) is 8.30. The van der Waals surface area contributed by atoms with E-state index in [2.05, 4.69) is 32.5 Å². The Bertz CT molecular complexity index is 1310. The predicted molar refractivity (Wildman–Crippen MR) is 139 cm³/mol. The van der Waals surface area contributed by atoms with Crippen LogP contribution in [0.2, 0.25) is 0 Å². The van der Waals surface area contributed by atoms with Gasteiger partial charge in [-0.2, -0.15) is 5.10 Å². The van der Waals surface area contributed by atoms with Gasteiger partial charge in [0.15, 0.2) is 0 Å². The molecule has 0 radical (unpaired) electrons. The van der Waals surface area contributed by atoms with Crippen LogP contribution in [0.1, 0.15) is 45.3 Å². The zero-order valence-corrected chi connectivity index (χ0v) is 19.8. The molecule has 0 unspecified atom stereocenters. The molecule has 2 amide bonds. The highest BCUT2D eigenvalue weighted by Gasteiger charge is 2.19. The minimum atomic E-state index is -0.484. The number of para-hydroxylation sites is 1. The lowest BCUT2D eigenvalue weighted by Crippen LogP contribution is -2.32. The summed E-state index contributed by atoms with van der Waals surface area (Å²) in [4.78, 5) is 25.5. The third-order valence-corrected chi connectivity index (χ3v) is 5.81. The normalized spacial score (nSPS) is 11.8. The van der Waals surface area contributed by atoms with Crippen LogP contribution in [0.15, 0.2) is 102 Å². The number of aryl methyl sites for hydroxylation is 1. The lowest BCUT2D eigenvalue weighted by Gasteiger charge is -2.18. The van der Waals surface area contributed by atoms with Gasteiger partial charge in [0, 0.05) is 28.2 Å². The fourth-order valence-corrected chi connectivity index (χ4v) is 4.07. The van der Waals surface area contributed by atoms with Crippen LogP contribution in [0.25, 0.3) is 5.69 Å². The lowest BCUT2D eigenvalue weighted by molar-refractivity contribution is -0.121. The monoisotopic (exact) mass is 464 g/mol. The first-order valence-corrected chi connectivity index (χ1v) is 11.5. The smallest absolute Gasteiger partial charge is 0.251 e. The summed E-state index contributed by atoms with van der Waals surface area (Å²) in [6.07, 6.45) is 1.71. The first-order valence-electron chi connectivity index (χ1n) is 11.5. The third-order valence-electron chi connectivity index (χ3n) is 5.81. The fourth-order valence-electron chi connectivity index (χ4n) is 4.07. The van der Waals surface area contributed by atoms with Crippen LogP contribution in [0.5, 0.6) is 0 Å². The van der Waals surface area contributed by atoms with Crippen molar-refractivity contribution in [2.24, 2.45) is 5.10 Å². The highest BCUT2D eigenvalue weighted by Crippen LogP contribution is 2.20. The van der Waals surface area contributed by atoms with E-state index in [-0.39, 0.29) is 18.2 Å². The zero-order chi connectivity index (χ0) is 24.6. The standard InChI is InChI=1S/C29H28N4O2/c1-21-18-25(22(2)33(21)26-16-10-5-11-17-26)20-30-32-28(34)19-27(23-12-6-3-7-13-23)31-29(35)24-14-8-4-9-15-24/h3-18,20,27H,19H2,1-2H3,(H,31,35)(H,32,34)/b30-20-/t27-/m1/s1. The van der Waals surface area contributed by atoms with Gasteiger partial charge in [0.05, 0.1) is 18.7 Å². The summed E-state index contributed by atoms with van der Waals surface area (Å²) in [6.45, 7) is 4.06. The van der Waals surface area contributed by atoms with Gasteiger partial charge in [-0.1, -0.05) is 66.7 Å². The topological polar surface area (TPSA) is 75.5 Å². The Kier molecular flexibility index (Phi) is 7.53. The SMILES string of the molecule is Cc1cc(/C=N\NC(=O)C[C@@H](NC(=O)c2ccccc2)c2ccccc2)c(C)n1-c1ccccc1. The molecule has 1 heterocycles. The van der Waals surface area contributed by atoms with Crippen molar-refractivity contribution in [3.63, 3.8) is 0 Å². The van der Waals surface area contributed by atoms with Crippen molar-refractivity contribution < 1.29 is 9.59 Å². The van der Waals surface area contributed by atoms with Crippen molar-refractivity contribution in [3.8, 4) is 5.69 Å². The molecule has 0 aliphatic carbocycles. The van der Waals surface area contributed by atoms with Crippen molar-refractivity contribution in [2.75, 3.05) is 0 Å². The molecule has 4 rings (SSSR count). The quantitative estimate of drug-likeness (QED) is 0.281. The number of carbonyl (C=O) groups excluding carboxylic acids is 2. The van der Waals surface area contributed by atoms with E-state index in [0.717, 1.165) is 28.2 Å². The van der Waals surface area contributed by atoms with Crippen LogP contribution >= 0.6 is 0 Å². The number of hydrogen-bond donors (Lipinski definition) is 2. The summed E-state index contributed by atoms with van der Waals surface area (Å²) in [7, 11) is 0. The Morgan fingerprint density at radius 2 is 1.49 bits per heavy atom. The van der Waals surface area contributed by atoms with Gasteiger partial charge in [0.1, 0.15) is 0 Å². The Balaban J connectivity index is 1.44. The molecule has 0 bridgehead atoms. The third kappa shape index (κ3) is 5.92. The second-order valence-electron chi connectivity index (χ2n) is 8.30. The zero-order valence-electron chi connectivity index (χ0n) is 19.8. The van der Waals surface area contributed by atoms with Gasteiger partial charge >= 0.3 is 0 Å². The van der Waals surface area contributed by atoms with E-state index in [4.69, 9.17) is 0 Å². The molecule has 2 N–H and O–H groups in total. The second kappa shape index (κ2) is 11.1. The van der Waals surface area contributed by atoms with E-state index in [0.29, 0.717) is 5.56 Å². The molecule has 176 valence electrons. The fraction of sp³-hybridized carbons (Fsp3) is 0.138. The Labute approximate surface area is 205 Å². The average Bonchev–Trinajstić information content (AvgIpc) is 3.17. The number of hydrazone groups is 1. The molecule has 4 aromatic rings. The van der Waals surface area contributed by atoms with Crippen molar-refractivity contribution in [1.82, 2.24) is 15.3 Å². The molecule has 0 fully saturated rings. The van der Waals surface area contributed by atoms with Crippen LogP contribution in [0.3, 0.4) is 0 Å². The maximum atomic E-state index is 12.7. The minimum absolute atomic E-state index is 0.0585. The van der Waals surface area contributed by atoms with Crippen molar-refractivity contribution in [1.29, 1.82) is 0 Å².